The van der Waals surface area contributed by atoms with E-state index in [4.69, 9.17) is 5.73 Å². The second-order valence-electron chi connectivity index (χ2n) is 5.76. The van der Waals surface area contributed by atoms with E-state index in [-0.39, 0.29) is 11.9 Å². The number of benzene rings is 1. The first-order valence-corrected chi connectivity index (χ1v) is 8.05. The van der Waals surface area contributed by atoms with Crippen molar-refractivity contribution in [1.82, 2.24) is 4.90 Å². The second kappa shape index (κ2) is 7.46. The summed E-state index contributed by atoms with van der Waals surface area (Å²) < 4.78 is 0. The lowest BCUT2D eigenvalue weighted by molar-refractivity contribution is 0.0715. The third kappa shape index (κ3) is 3.97. The molecule has 2 N–H and O–H groups in total. The maximum absolute atomic E-state index is 12.5. The fraction of sp³-hybridized carbons (Fsp3) is 0.588. The highest BCUT2D eigenvalue weighted by molar-refractivity contribution is 5.94. The van der Waals surface area contributed by atoms with E-state index >= 15 is 0 Å². The SMILES string of the molecule is CCCN(CC)c1ccc(C(=O)N2CCC(N)CC2)cc1. The predicted octanol–water partition coefficient (Wildman–Crippen LogP) is 2.49. The molecule has 0 saturated carbocycles. The Morgan fingerprint density at radius 2 is 1.86 bits per heavy atom. The lowest BCUT2D eigenvalue weighted by atomic mass is 10.0. The Bertz CT molecular complexity index is 450. The van der Waals surface area contributed by atoms with Crippen LogP contribution >= 0.6 is 0 Å². The van der Waals surface area contributed by atoms with E-state index in [2.05, 4.69) is 30.9 Å². The maximum Gasteiger partial charge on any atom is 0.253 e. The number of piperidine rings is 1. The molecule has 1 aromatic rings. The van der Waals surface area contributed by atoms with Gasteiger partial charge in [0.15, 0.2) is 0 Å². The van der Waals surface area contributed by atoms with Crippen LogP contribution in [-0.2, 0) is 0 Å². The van der Waals surface area contributed by atoms with Crippen molar-refractivity contribution in [3.8, 4) is 0 Å². The normalized spacial score (nSPS) is 16.0. The first-order chi connectivity index (χ1) is 10.2. The number of hydrogen-bond donors (Lipinski definition) is 1. The highest BCUT2D eigenvalue weighted by atomic mass is 16.2. The zero-order valence-corrected chi connectivity index (χ0v) is 13.2. The van der Waals surface area contributed by atoms with Gasteiger partial charge in [-0.25, -0.2) is 0 Å². The first-order valence-electron chi connectivity index (χ1n) is 8.05. The van der Waals surface area contributed by atoms with E-state index in [1.807, 2.05) is 17.0 Å². The zero-order chi connectivity index (χ0) is 15.2. The summed E-state index contributed by atoms with van der Waals surface area (Å²) >= 11 is 0. The monoisotopic (exact) mass is 289 g/mol. The highest BCUT2D eigenvalue weighted by Crippen LogP contribution is 2.18. The minimum atomic E-state index is 0.131. The Morgan fingerprint density at radius 3 is 2.38 bits per heavy atom. The molecule has 0 bridgehead atoms. The number of nitrogens with zero attached hydrogens (tertiary/aromatic N) is 2. The van der Waals surface area contributed by atoms with Gasteiger partial charge in [0.05, 0.1) is 0 Å². The summed E-state index contributed by atoms with van der Waals surface area (Å²) in [7, 11) is 0. The van der Waals surface area contributed by atoms with Crippen LogP contribution in [-0.4, -0.2) is 43.0 Å². The molecule has 1 aliphatic rings. The second-order valence-corrected chi connectivity index (χ2v) is 5.76. The highest BCUT2D eigenvalue weighted by Gasteiger charge is 2.21. The Labute approximate surface area is 127 Å². The number of amides is 1. The molecule has 0 atom stereocenters. The average molecular weight is 289 g/mol. The minimum Gasteiger partial charge on any atom is -0.372 e. The summed E-state index contributed by atoms with van der Waals surface area (Å²) in [6, 6.07) is 8.27. The van der Waals surface area contributed by atoms with E-state index in [9.17, 15) is 4.79 Å². The zero-order valence-electron chi connectivity index (χ0n) is 13.2. The number of rotatable bonds is 5. The van der Waals surface area contributed by atoms with Crippen LogP contribution in [0.4, 0.5) is 5.69 Å². The van der Waals surface area contributed by atoms with Crippen LogP contribution in [0.2, 0.25) is 0 Å². The fourth-order valence-corrected chi connectivity index (χ4v) is 2.84. The molecule has 116 valence electrons. The lowest BCUT2D eigenvalue weighted by Crippen LogP contribution is -2.42. The maximum atomic E-state index is 12.5. The van der Waals surface area contributed by atoms with Gasteiger partial charge in [-0.3, -0.25) is 4.79 Å². The summed E-state index contributed by atoms with van der Waals surface area (Å²) in [5, 5.41) is 0. The standard InChI is InChI=1S/C17H27N3O/c1-3-11-19(4-2)16-7-5-14(6-8-16)17(21)20-12-9-15(18)10-13-20/h5-8,15H,3-4,9-13,18H2,1-2H3. The van der Waals surface area contributed by atoms with Crippen LogP contribution < -0.4 is 10.6 Å². The molecule has 0 radical (unpaired) electrons. The number of carbonyl (C=O) groups excluding carboxylic acids is 1. The molecule has 1 heterocycles. The molecule has 4 heteroatoms. The Balaban J connectivity index is 2.02. The van der Waals surface area contributed by atoms with Gasteiger partial charge in [0.2, 0.25) is 0 Å². The Morgan fingerprint density at radius 1 is 1.24 bits per heavy atom. The van der Waals surface area contributed by atoms with Crippen molar-refractivity contribution < 1.29 is 4.79 Å². The number of hydrogen-bond acceptors (Lipinski definition) is 3. The summed E-state index contributed by atoms with van der Waals surface area (Å²) in [5.41, 5.74) is 7.86. The molecule has 1 aliphatic heterocycles. The van der Waals surface area contributed by atoms with Crippen molar-refractivity contribution in [2.24, 2.45) is 5.73 Å². The molecule has 21 heavy (non-hydrogen) atoms. The molecule has 1 aromatic carbocycles. The van der Waals surface area contributed by atoms with Crippen molar-refractivity contribution in [1.29, 1.82) is 0 Å². The van der Waals surface area contributed by atoms with E-state index in [0.717, 1.165) is 51.0 Å². The van der Waals surface area contributed by atoms with Crippen LogP contribution in [0, 0.1) is 0 Å². The molecular weight excluding hydrogens is 262 g/mol. The van der Waals surface area contributed by atoms with Crippen molar-refractivity contribution in [2.45, 2.75) is 39.2 Å². The Kier molecular flexibility index (Phi) is 5.62. The average Bonchev–Trinajstić information content (AvgIpc) is 2.53. The topological polar surface area (TPSA) is 49.6 Å². The van der Waals surface area contributed by atoms with Gasteiger partial charge in [0.1, 0.15) is 0 Å². The molecule has 0 spiro atoms. The van der Waals surface area contributed by atoms with Crippen molar-refractivity contribution >= 4 is 11.6 Å². The number of anilines is 1. The van der Waals surface area contributed by atoms with E-state index < -0.39 is 0 Å². The molecule has 1 fully saturated rings. The van der Waals surface area contributed by atoms with Gasteiger partial charge in [-0.05, 0) is 50.5 Å². The van der Waals surface area contributed by atoms with Crippen LogP contribution in [0.3, 0.4) is 0 Å². The van der Waals surface area contributed by atoms with E-state index in [1.165, 1.54) is 5.69 Å². The van der Waals surface area contributed by atoms with Crippen molar-refractivity contribution in [3.05, 3.63) is 29.8 Å². The summed E-state index contributed by atoms with van der Waals surface area (Å²) in [5.74, 6) is 0.131. The molecule has 4 nitrogen and oxygen atoms in total. The number of likely N-dealkylation sites (tertiary alicyclic amines) is 1. The number of nitrogens with two attached hydrogens (primary N) is 1. The van der Waals surface area contributed by atoms with E-state index in [1.54, 1.807) is 0 Å². The molecule has 1 saturated heterocycles. The third-order valence-electron chi connectivity index (χ3n) is 4.18. The van der Waals surface area contributed by atoms with Gasteiger partial charge in [-0.2, -0.15) is 0 Å². The van der Waals surface area contributed by atoms with Gasteiger partial charge < -0.3 is 15.5 Å². The molecule has 1 amide bonds. The molecule has 0 unspecified atom stereocenters. The Hall–Kier alpha value is -1.55. The smallest absolute Gasteiger partial charge is 0.253 e. The van der Waals surface area contributed by atoms with E-state index in [0.29, 0.717) is 0 Å². The van der Waals surface area contributed by atoms with Gasteiger partial charge in [0, 0.05) is 43.5 Å². The van der Waals surface area contributed by atoms with Crippen LogP contribution in [0.1, 0.15) is 43.5 Å². The van der Waals surface area contributed by atoms with Crippen LogP contribution in [0.15, 0.2) is 24.3 Å². The van der Waals surface area contributed by atoms with Gasteiger partial charge in [-0.15, -0.1) is 0 Å². The van der Waals surface area contributed by atoms with Gasteiger partial charge in [-0.1, -0.05) is 6.92 Å². The predicted molar refractivity (Wildman–Crippen MR) is 87.7 cm³/mol. The summed E-state index contributed by atoms with van der Waals surface area (Å²) in [4.78, 5) is 16.7. The fourth-order valence-electron chi connectivity index (χ4n) is 2.84. The quantitative estimate of drug-likeness (QED) is 0.906. The summed E-state index contributed by atoms with van der Waals surface area (Å²) in [6.07, 6.45) is 2.94. The van der Waals surface area contributed by atoms with Crippen molar-refractivity contribution in [2.75, 3.05) is 31.1 Å². The van der Waals surface area contributed by atoms with Crippen LogP contribution in [0.25, 0.3) is 0 Å². The minimum absolute atomic E-state index is 0.131. The molecule has 2 rings (SSSR count). The number of carbonyl (C=O) groups is 1. The lowest BCUT2D eigenvalue weighted by Gasteiger charge is -2.30. The van der Waals surface area contributed by atoms with Crippen molar-refractivity contribution in [3.63, 3.8) is 0 Å². The van der Waals surface area contributed by atoms with Crippen LogP contribution in [0.5, 0.6) is 0 Å². The first kappa shape index (κ1) is 15.8. The molecular formula is C17H27N3O. The van der Waals surface area contributed by atoms with Gasteiger partial charge in [0.25, 0.3) is 5.91 Å². The molecule has 0 aliphatic carbocycles. The summed E-state index contributed by atoms with van der Waals surface area (Å²) in [6.45, 7) is 7.93. The third-order valence-corrected chi connectivity index (χ3v) is 4.18. The van der Waals surface area contributed by atoms with Gasteiger partial charge >= 0.3 is 0 Å². The molecule has 0 aromatic heterocycles. The largest absolute Gasteiger partial charge is 0.372 e.